The molecule has 3 amide bonds. The molecule has 0 radical (unpaired) electrons. The summed E-state index contributed by atoms with van der Waals surface area (Å²) in [5.41, 5.74) is 0.630. The topological polar surface area (TPSA) is 117 Å². The van der Waals surface area contributed by atoms with Crippen molar-refractivity contribution in [3.05, 3.63) is 29.8 Å². The van der Waals surface area contributed by atoms with Crippen molar-refractivity contribution >= 4 is 29.4 Å². The van der Waals surface area contributed by atoms with Crippen LogP contribution < -0.4 is 5.32 Å². The highest BCUT2D eigenvalue weighted by molar-refractivity contribution is 6.05. The first-order chi connectivity index (χ1) is 13.9. The zero-order valence-corrected chi connectivity index (χ0v) is 16.2. The quantitative estimate of drug-likeness (QED) is 0.580. The van der Waals surface area contributed by atoms with E-state index in [1.807, 2.05) is 6.07 Å². The summed E-state index contributed by atoms with van der Waals surface area (Å²) in [6.45, 7) is 1.39. The highest BCUT2D eigenvalue weighted by Crippen LogP contribution is 2.37. The van der Waals surface area contributed by atoms with Gasteiger partial charge in [0.1, 0.15) is 6.07 Å². The number of amides is 3. The third kappa shape index (κ3) is 4.45. The molecule has 0 aromatic heterocycles. The Morgan fingerprint density at radius 2 is 1.83 bits per heavy atom. The van der Waals surface area contributed by atoms with E-state index < -0.39 is 18.0 Å². The summed E-state index contributed by atoms with van der Waals surface area (Å²) in [6, 6.07) is 8.46. The zero-order chi connectivity index (χ0) is 21.0. The number of nitriles is 1. The maximum Gasteiger partial charge on any atom is 0.308 e. The average molecular weight is 397 g/mol. The van der Waals surface area contributed by atoms with E-state index in [0.29, 0.717) is 11.3 Å². The lowest BCUT2D eigenvalue weighted by Crippen LogP contribution is -2.35. The van der Waals surface area contributed by atoms with Gasteiger partial charge < -0.3 is 10.1 Å². The normalized spacial score (nSPS) is 21.9. The minimum Gasteiger partial charge on any atom is -0.452 e. The summed E-state index contributed by atoms with van der Waals surface area (Å²) in [5, 5.41) is 11.6. The highest BCUT2D eigenvalue weighted by Gasteiger charge is 2.47. The van der Waals surface area contributed by atoms with Crippen LogP contribution in [0.25, 0.3) is 0 Å². The van der Waals surface area contributed by atoms with Gasteiger partial charge in [-0.2, -0.15) is 5.26 Å². The molecule has 1 aromatic rings. The Kier molecular flexibility index (Phi) is 6.27. The summed E-state index contributed by atoms with van der Waals surface area (Å²) in [5.74, 6) is -2.15. The number of carbonyl (C=O) groups excluding carboxylic acids is 4. The zero-order valence-electron chi connectivity index (χ0n) is 16.2. The molecule has 0 spiro atoms. The number of carbonyl (C=O) groups is 4. The SMILES string of the molecule is C[C@@H](OC(=O)CCN1C(=O)[C@H]2CCCC[C@H]2C1=O)C(=O)Nc1ccccc1C#N. The fourth-order valence-corrected chi connectivity index (χ4v) is 3.89. The molecule has 0 unspecified atom stereocenters. The van der Waals surface area contributed by atoms with Crippen LogP contribution in [0, 0.1) is 23.2 Å². The lowest BCUT2D eigenvalue weighted by Gasteiger charge is -2.19. The van der Waals surface area contributed by atoms with Crippen LogP contribution in [0.5, 0.6) is 0 Å². The molecule has 3 atom stereocenters. The van der Waals surface area contributed by atoms with Gasteiger partial charge in [0.2, 0.25) is 11.8 Å². The molecular formula is C21H23N3O5. The molecule has 1 aromatic carbocycles. The van der Waals surface area contributed by atoms with Crippen LogP contribution in [0.2, 0.25) is 0 Å². The monoisotopic (exact) mass is 397 g/mol. The fraction of sp³-hybridized carbons (Fsp3) is 0.476. The predicted molar refractivity (Wildman–Crippen MR) is 102 cm³/mol. The number of imide groups is 1. The van der Waals surface area contributed by atoms with Gasteiger partial charge in [-0.3, -0.25) is 24.1 Å². The first-order valence-electron chi connectivity index (χ1n) is 9.77. The van der Waals surface area contributed by atoms with Gasteiger partial charge in [-0.05, 0) is 31.9 Å². The third-order valence-electron chi connectivity index (χ3n) is 5.45. The number of nitrogens with one attached hydrogen (secondary N) is 1. The van der Waals surface area contributed by atoms with Gasteiger partial charge in [-0.15, -0.1) is 0 Å². The van der Waals surface area contributed by atoms with E-state index >= 15 is 0 Å². The largest absolute Gasteiger partial charge is 0.452 e. The molecule has 1 saturated heterocycles. The number of fused-ring (bicyclic) bond motifs is 1. The number of esters is 1. The van der Waals surface area contributed by atoms with Crippen LogP contribution in [0.1, 0.15) is 44.6 Å². The summed E-state index contributed by atoms with van der Waals surface area (Å²) >= 11 is 0. The van der Waals surface area contributed by atoms with Crippen LogP contribution in [0.15, 0.2) is 24.3 Å². The third-order valence-corrected chi connectivity index (χ3v) is 5.45. The number of ether oxygens (including phenoxy) is 1. The van der Waals surface area contributed by atoms with Gasteiger partial charge in [0, 0.05) is 6.54 Å². The lowest BCUT2D eigenvalue weighted by atomic mass is 9.81. The Morgan fingerprint density at radius 1 is 1.21 bits per heavy atom. The van der Waals surface area contributed by atoms with E-state index in [1.54, 1.807) is 24.3 Å². The van der Waals surface area contributed by atoms with E-state index in [-0.39, 0.29) is 36.6 Å². The molecule has 0 bridgehead atoms. The van der Waals surface area contributed by atoms with E-state index in [2.05, 4.69) is 5.32 Å². The van der Waals surface area contributed by atoms with Gasteiger partial charge in [-0.25, -0.2) is 0 Å². The van der Waals surface area contributed by atoms with Crippen molar-refractivity contribution in [2.45, 2.75) is 45.1 Å². The molecule has 1 aliphatic carbocycles. The smallest absolute Gasteiger partial charge is 0.308 e. The number of anilines is 1. The number of hydrogen-bond acceptors (Lipinski definition) is 6. The maximum atomic E-state index is 12.4. The number of benzene rings is 1. The van der Waals surface area contributed by atoms with E-state index in [4.69, 9.17) is 10.00 Å². The standard InChI is InChI=1S/C21H23N3O5/c1-13(19(26)23-17-9-5-2-6-14(17)12-22)29-18(25)10-11-24-20(27)15-7-3-4-8-16(15)21(24)28/h2,5-6,9,13,15-16H,3-4,7-8,10-11H2,1H3,(H,23,26)/t13-,15-,16+/m1/s1. The summed E-state index contributed by atoms with van der Waals surface area (Å²) in [7, 11) is 0. The van der Waals surface area contributed by atoms with Gasteiger partial charge in [0.25, 0.3) is 5.91 Å². The van der Waals surface area contributed by atoms with Crippen molar-refractivity contribution in [1.82, 2.24) is 4.90 Å². The molecule has 8 heteroatoms. The Bertz CT molecular complexity index is 851. The second-order valence-corrected chi connectivity index (χ2v) is 7.35. The van der Waals surface area contributed by atoms with Crippen molar-refractivity contribution in [2.24, 2.45) is 11.8 Å². The van der Waals surface area contributed by atoms with Crippen LogP contribution in [0.3, 0.4) is 0 Å². The molecule has 8 nitrogen and oxygen atoms in total. The Balaban J connectivity index is 1.50. The molecule has 152 valence electrons. The number of nitrogens with zero attached hydrogens (tertiary/aromatic N) is 2. The van der Waals surface area contributed by atoms with Crippen LogP contribution >= 0.6 is 0 Å². The Morgan fingerprint density at radius 3 is 2.45 bits per heavy atom. The average Bonchev–Trinajstić information content (AvgIpc) is 2.97. The fourth-order valence-electron chi connectivity index (χ4n) is 3.89. The lowest BCUT2D eigenvalue weighted by molar-refractivity contribution is -0.154. The number of likely N-dealkylation sites (tertiary alicyclic amines) is 1. The van der Waals surface area contributed by atoms with E-state index in [9.17, 15) is 19.2 Å². The van der Waals surface area contributed by atoms with Gasteiger partial charge in [0.05, 0.1) is 29.5 Å². The van der Waals surface area contributed by atoms with Crippen molar-refractivity contribution in [1.29, 1.82) is 5.26 Å². The first kappa shape index (κ1) is 20.5. The van der Waals surface area contributed by atoms with Gasteiger partial charge >= 0.3 is 5.97 Å². The second-order valence-electron chi connectivity index (χ2n) is 7.35. The molecule has 3 rings (SSSR count). The van der Waals surface area contributed by atoms with Crippen molar-refractivity contribution in [2.75, 3.05) is 11.9 Å². The van der Waals surface area contributed by atoms with E-state index in [0.717, 1.165) is 30.6 Å². The van der Waals surface area contributed by atoms with E-state index in [1.165, 1.54) is 6.92 Å². The summed E-state index contributed by atoms with van der Waals surface area (Å²) in [4.78, 5) is 50.4. The number of para-hydroxylation sites is 1. The molecule has 1 saturated carbocycles. The number of rotatable bonds is 6. The van der Waals surface area contributed by atoms with Gasteiger partial charge in [-0.1, -0.05) is 25.0 Å². The van der Waals surface area contributed by atoms with Crippen LogP contribution in [-0.4, -0.2) is 41.2 Å². The molecular weight excluding hydrogens is 374 g/mol. The minimum atomic E-state index is -1.08. The highest BCUT2D eigenvalue weighted by atomic mass is 16.5. The van der Waals surface area contributed by atoms with Crippen molar-refractivity contribution in [3.63, 3.8) is 0 Å². The summed E-state index contributed by atoms with van der Waals surface area (Å²) < 4.78 is 5.12. The minimum absolute atomic E-state index is 0.0326. The Labute approximate surface area is 168 Å². The van der Waals surface area contributed by atoms with Crippen molar-refractivity contribution < 1.29 is 23.9 Å². The van der Waals surface area contributed by atoms with Crippen molar-refractivity contribution in [3.8, 4) is 6.07 Å². The van der Waals surface area contributed by atoms with Crippen LogP contribution in [0.4, 0.5) is 5.69 Å². The molecule has 2 aliphatic rings. The molecule has 29 heavy (non-hydrogen) atoms. The molecule has 1 heterocycles. The second kappa shape index (κ2) is 8.86. The van der Waals surface area contributed by atoms with Gasteiger partial charge in [0.15, 0.2) is 6.10 Å². The first-order valence-corrected chi connectivity index (χ1v) is 9.77. The molecule has 1 N–H and O–H groups in total. The predicted octanol–water partition coefficient (Wildman–Crippen LogP) is 1.99. The molecule has 2 fully saturated rings. The van der Waals surface area contributed by atoms with Crippen LogP contribution in [-0.2, 0) is 23.9 Å². The molecule has 1 aliphatic heterocycles. The summed E-state index contributed by atoms with van der Waals surface area (Å²) in [6.07, 6.45) is 2.08. The Hall–Kier alpha value is -3.21. The maximum absolute atomic E-state index is 12.4. The number of hydrogen-bond donors (Lipinski definition) is 1.